The summed E-state index contributed by atoms with van der Waals surface area (Å²) in [6.07, 6.45) is 1.94. The van der Waals surface area contributed by atoms with E-state index in [0.717, 1.165) is 15.8 Å². The Morgan fingerprint density at radius 1 is 1.47 bits per heavy atom. The predicted octanol–water partition coefficient (Wildman–Crippen LogP) is 2.63. The van der Waals surface area contributed by atoms with E-state index < -0.39 is 5.60 Å². The number of rotatable bonds is 1. The molecule has 0 aliphatic carbocycles. The lowest BCUT2D eigenvalue weighted by Crippen LogP contribution is -2.16. The third-order valence-corrected chi connectivity index (χ3v) is 3.06. The van der Waals surface area contributed by atoms with Crippen LogP contribution < -0.4 is 0 Å². The topological polar surface area (TPSA) is 37.5 Å². The van der Waals surface area contributed by atoms with Gasteiger partial charge in [-0.3, -0.25) is 4.40 Å². The maximum Gasteiger partial charge on any atom is 0.138 e. The number of hydrogen-bond acceptors (Lipinski definition) is 2. The predicted molar refractivity (Wildman–Crippen MR) is 62.9 cm³/mol. The Balaban J connectivity index is 2.75. The van der Waals surface area contributed by atoms with Crippen LogP contribution in [0.4, 0.5) is 0 Å². The van der Waals surface area contributed by atoms with E-state index in [-0.39, 0.29) is 0 Å². The Kier molecular flexibility index (Phi) is 2.35. The summed E-state index contributed by atoms with van der Waals surface area (Å²) in [6, 6.07) is 3.99. The van der Waals surface area contributed by atoms with E-state index >= 15 is 0 Å². The number of halogens is 1. The lowest BCUT2D eigenvalue weighted by molar-refractivity contribution is 0.0736. The first-order chi connectivity index (χ1) is 6.89. The Morgan fingerprint density at radius 3 is 2.73 bits per heavy atom. The van der Waals surface area contributed by atoms with E-state index in [0.29, 0.717) is 5.69 Å². The molecule has 1 N–H and O–H groups in total. The molecule has 2 rings (SSSR count). The molecule has 0 fully saturated rings. The standard InChI is InChI=1S/C11H13BrN2O/c1-7-4-5-14-8(6-7)13-9(10(14)12)11(2,3)15/h4-6,15H,1-3H3. The summed E-state index contributed by atoms with van der Waals surface area (Å²) < 4.78 is 2.73. The maximum atomic E-state index is 9.93. The van der Waals surface area contributed by atoms with Crippen LogP contribution in [0.5, 0.6) is 0 Å². The highest BCUT2D eigenvalue weighted by atomic mass is 79.9. The van der Waals surface area contributed by atoms with Gasteiger partial charge in [-0.25, -0.2) is 4.98 Å². The second-order valence-corrected chi connectivity index (χ2v) is 4.99. The fourth-order valence-electron chi connectivity index (χ4n) is 1.51. The molecule has 0 unspecified atom stereocenters. The molecule has 0 spiro atoms. The molecule has 0 amide bonds. The van der Waals surface area contributed by atoms with Gasteiger partial charge in [-0.05, 0) is 54.4 Å². The Labute approximate surface area is 96.9 Å². The first-order valence-electron chi connectivity index (χ1n) is 4.76. The molecule has 80 valence electrons. The van der Waals surface area contributed by atoms with Crippen molar-refractivity contribution in [1.29, 1.82) is 0 Å². The Bertz CT molecular complexity index is 511. The molecule has 0 saturated carbocycles. The van der Waals surface area contributed by atoms with Crippen LogP contribution in [-0.2, 0) is 5.60 Å². The van der Waals surface area contributed by atoms with E-state index in [1.807, 2.05) is 29.7 Å². The average molecular weight is 269 g/mol. The smallest absolute Gasteiger partial charge is 0.138 e. The van der Waals surface area contributed by atoms with Gasteiger partial charge in [0.2, 0.25) is 0 Å². The van der Waals surface area contributed by atoms with Crippen molar-refractivity contribution in [1.82, 2.24) is 9.38 Å². The van der Waals surface area contributed by atoms with Crippen molar-refractivity contribution in [2.45, 2.75) is 26.4 Å². The molecule has 2 heterocycles. The van der Waals surface area contributed by atoms with Crippen molar-refractivity contribution < 1.29 is 5.11 Å². The number of aryl methyl sites for hydroxylation is 1. The number of pyridine rings is 1. The summed E-state index contributed by atoms with van der Waals surface area (Å²) in [5.74, 6) is 0. The zero-order valence-electron chi connectivity index (χ0n) is 8.95. The van der Waals surface area contributed by atoms with E-state index in [1.54, 1.807) is 13.8 Å². The summed E-state index contributed by atoms with van der Waals surface area (Å²) in [5, 5.41) is 9.93. The molecular formula is C11H13BrN2O. The normalized spacial score (nSPS) is 12.3. The van der Waals surface area contributed by atoms with Gasteiger partial charge in [0, 0.05) is 6.20 Å². The van der Waals surface area contributed by atoms with Crippen LogP contribution in [0.15, 0.2) is 22.9 Å². The van der Waals surface area contributed by atoms with E-state index in [9.17, 15) is 5.11 Å². The summed E-state index contributed by atoms with van der Waals surface area (Å²) >= 11 is 3.45. The maximum absolute atomic E-state index is 9.93. The lowest BCUT2D eigenvalue weighted by Gasteiger charge is -2.14. The minimum Gasteiger partial charge on any atom is -0.384 e. The number of hydrogen-bond donors (Lipinski definition) is 1. The third-order valence-electron chi connectivity index (χ3n) is 2.30. The summed E-state index contributed by atoms with van der Waals surface area (Å²) in [5.41, 5.74) is 1.73. The highest BCUT2D eigenvalue weighted by molar-refractivity contribution is 9.10. The fourth-order valence-corrected chi connectivity index (χ4v) is 2.38. The number of aliphatic hydroxyl groups is 1. The van der Waals surface area contributed by atoms with Gasteiger partial charge in [0.1, 0.15) is 21.5 Å². The number of aromatic nitrogens is 2. The number of fused-ring (bicyclic) bond motifs is 1. The van der Waals surface area contributed by atoms with Gasteiger partial charge in [-0.1, -0.05) is 0 Å². The van der Waals surface area contributed by atoms with Gasteiger partial charge in [0.25, 0.3) is 0 Å². The quantitative estimate of drug-likeness (QED) is 0.864. The first-order valence-corrected chi connectivity index (χ1v) is 5.56. The summed E-state index contributed by atoms with van der Waals surface area (Å²) in [4.78, 5) is 4.41. The average Bonchev–Trinajstić information content (AvgIpc) is 2.42. The van der Waals surface area contributed by atoms with Gasteiger partial charge >= 0.3 is 0 Å². The van der Waals surface area contributed by atoms with Crippen molar-refractivity contribution >= 4 is 21.6 Å². The summed E-state index contributed by atoms with van der Waals surface area (Å²) in [7, 11) is 0. The molecule has 0 atom stereocenters. The van der Waals surface area contributed by atoms with Crippen LogP contribution in [0.25, 0.3) is 5.65 Å². The Morgan fingerprint density at radius 2 is 2.13 bits per heavy atom. The van der Waals surface area contributed by atoms with Crippen LogP contribution in [-0.4, -0.2) is 14.5 Å². The van der Waals surface area contributed by atoms with Crippen molar-refractivity contribution in [3.05, 3.63) is 34.2 Å². The Hall–Kier alpha value is -0.870. The van der Waals surface area contributed by atoms with Gasteiger partial charge in [0.05, 0.1) is 0 Å². The largest absolute Gasteiger partial charge is 0.384 e. The minimum absolute atomic E-state index is 0.660. The van der Waals surface area contributed by atoms with Crippen molar-refractivity contribution in [3.8, 4) is 0 Å². The molecule has 0 radical (unpaired) electrons. The van der Waals surface area contributed by atoms with Gasteiger partial charge in [-0.15, -0.1) is 0 Å². The fraction of sp³-hybridized carbons (Fsp3) is 0.364. The number of nitrogens with zero attached hydrogens (tertiary/aromatic N) is 2. The zero-order valence-corrected chi connectivity index (χ0v) is 10.5. The van der Waals surface area contributed by atoms with Crippen LogP contribution >= 0.6 is 15.9 Å². The minimum atomic E-state index is -0.932. The molecule has 4 heteroatoms. The molecule has 2 aromatic heterocycles. The van der Waals surface area contributed by atoms with Gasteiger partial charge in [0.15, 0.2) is 0 Å². The van der Waals surface area contributed by atoms with Crippen LogP contribution in [0, 0.1) is 6.92 Å². The molecule has 0 bridgehead atoms. The monoisotopic (exact) mass is 268 g/mol. The molecular weight excluding hydrogens is 256 g/mol. The van der Waals surface area contributed by atoms with E-state index in [2.05, 4.69) is 20.9 Å². The van der Waals surface area contributed by atoms with Crippen molar-refractivity contribution in [3.63, 3.8) is 0 Å². The van der Waals surface area contributed by atoms with Gasteiger partial charge in [-0.2, -0.15) is 0 Å². The highest BCUT2D eigenvalue weighted by Crippen LogP contribution is 2.28. The molecule has 15 heavy (non-hydrogen) atoms. The van der Waals surface area contributed by atoms with Crippen molar-refractivity contribution in [2.24, 2.45) is 0 Å². The van der Waals surface area contributed by atoms with Crippen molar-refractivity contribution in [2.75, 3.05) is 0 Å². The third kappa shape index (κ3) is 1.79. The second kappa shape index (κ2) is 3.32. The van der Waals surface area contributed by atoms with Crippen LogP contribution in [0.1, 0.15) is 25.1 Å². The molecule has 0 saturated heterocycles. The summed E-state index contributed by atoms with van der Waals surface area (Å²) in [6.45, 7) is 5.48. The molecule has 2 aromatic rings. The van der Waals surface area contributed by atoms with Crippen LogP contribution in [0.2, 0.25) is 0 Å². The first kappa shape index (κ1) is 10.6. The van der Waals surface area contributed by atoms with E-state index in [4.69, 9.17) is 0 Å². The molecule has 3 nitrogen and oxygen atoms in total. The number of imidazole rings is 1. The SMILES string of the molecule is Cc1ccn2c(Br)c(C(C)(C)O)nc2c1. The zero-order chi connectivity index (χ0) is 11.2. The van der Waals surface area contributed by atoms with Crippen LogP contribution in [0.3, 0.4) is 0 Å². The molecule has 0 aromatic carbocycles. The second-order valence-electron chi connectivity index (χ2n) is 4.24. The lowest BCUT2D eigenvalue weighted by atomic mass is 10.1. The molecule has 0 aliphatic heterocycles. The molecule has 0 aliphatic rings. The van der Waals surface area contributed by atoms with Gasteiger partial charge < -0.3 is 5.11 Å². The highest BCUT2D eigenvalue weighted by Gasteiger charge is 2.24. The van der Waals surface area contributed by atoms with E-state index in [1.165, 1.54) is 0 Å².